The zero-order chi connectivity index (χ0) is 12.6. The lowest BCUT2D eigenvalue weighted by Crippen LogP contribution is -2.28. The van der Waals surface area contributed by atoms with Gasteiger partial charge in [-0.2, -0.15) is 0 Å². The maximum absolute atomic E-state index is 2.51. The Morgan fingerprint density at radius 2 is 1.19 bits per heavy atom. The van der Waals surface area contributed by atoms with E-state index in [2.05, 4.69) is 46.6 Å². The third-order valence-corrected chi connectivity index (χ3v) is 3.79. The molecule has 98 valence electrons. The highest BCUT2D eigenvalue weighted by Crippen LogP contribution is 2.16. The van der Waals surface area contributed by atoms with Crippen molar-refractivity contribution in [3.05, 3.63) is 0 Å². The second-order valence-corrected chi connectivity index (χ2v) is 5.93. The van der Waals surface area contributed by atoms with Crippen molar-refractivity contribution in [1.82, 2.24) is 4.90 Å². The van der Waals surface area contributed by atoms with E-state index in [1.54, 1.807) is 0 Å². The smallest absolute Gasteiger partial charge is 0.000408 e. The Morgan fingerprint density at radius 1 is 0.750 bits per heavy atom. The van der Waals surface area contributed by atoms with E-state index in [4.69, 9.17) is 0 Å². The first kappa shape index (κ1) is 16.0. The van der Waals surface area contributed by atoms with Gasteiger partial charge >= 0.3 is 0 Å². The molecule has 1 heteroatoms. The van der Waals surface area contributed by atoms with Crippen LogP contribution in [0.3, 0.4) is 0 Å². The first-order chi connectivity index (χ1) is 7.49. The summed E-state index contributed by atoms with van der Waals surface area (Å²) in [6.45, 7) is 14.2. The normalized spacial score (nSPS) is 17.4. The molecule has 0 N–H and O–H groups in total. The second-order valence-electron chi connectivity index (χ2n) is 5.93. The van der Waals surface area contributed by atoms with Crippen LogP contribution in [0.4, 0.5) is 0 Å². The van der Waals surface area contributed by atoms with E-state index in [-0.39, 0.29) is 0 Å². The van der Waals surface area contributed by atoms with Crippen molar-refractivity contribution in [2.24, 2.45) is 17.8 Å². The Kier molecular flexibility index (Phi) is 9.02. The van der Waals surface area contributed by atoms with Crippen molar-refractivity contribution >= 4 is 0 Å². The van der Waals surface area contributed by atoms with Crippen LogP contribution in [0.2, 0.25) is 0 Å². The van der Waals surface area contributed by atoms with E-state index in [1.165, 1.54) is 38.8 Å². The van der Waals surface area contributed by atoms with Crippen LogP contribution >= 0.6 is 0 Å². The van der Waals surface area contributed by atoms with Gasteiger partial charge in [0.25, 0.3) is 0 Å². The summed E-state index contributed by atoms with van der Waals surface area (Å²) < 4.78 is 0. The zero-order valence-electron chi connectivity index (χ0n) is 12.4. The fourth-order valence-electron chi connectivity index (χ4n) is 2.13. The molecular formula is C15H33N. The summed E-state index contributed by atoms with van der Waals surface area (Å²) in [5.74, 6) is 2.59. The Labute approximate surface area is 104 Å². The molecule has 0 aromatic rings. The molecule has 0 aromatic carbocycles. The van der Waals surface area contributed by atoms with Crippen LogP contribution in [0.1, 0.15) is 60.3 Å². The highest BCUT2D eigenvalue weighted by molar-refractivity contribution is 4.63. The summed E-state index contributed by atoms with van der Waals surface area (Å²) in [6.07, 6.45) is 5.41. The fraction of sp³-hybridized carbons (Fsp3) is 1.00. The van der Waals surface area contributed by atoms with Gasteiger partial charge in [-0.05, 0) is 31.2 Å². The van der Waals surface area contributed by atoms with E-state index < -0.39 is 0 Å². The van der Waals surface area contributed by atoms with Gasteiger partial charge in [0.1, 0.15) is 0 Å². The summed E-state index contributed by atoms with van der Waals surface area (Å²) in [4.78, 5) is 2.51. The Bertz CT molecular complexity index is 156. The average molecular weight is 227 g/mol. The van der Waals surface area contributed by atoms with Gasteiger partial charge in [0.05, 0.1) is 0 Å². The fourth-order valence-corrected chi connectivity index (χ4v) is 2.13. The molecule has 0 rings (SSSR count). The standard InChI is InChI=1S/C15H33N/c1-7-13(3)9-10-15(5)12-16(6)11-14(4)8-2/h13-15H,7-12H2,1-6H3. The van der Waals surface area contributed by atoms with Crippen molar-refractivity contribution < 1.29 is 0 Å². The molecule has 0 aromatic heterocycles. The third-order valence-electron chi connectivity index (χ3n) is 3.79. The van der Waals surface area contributed by atoms with Crippen molar-refractivity contribution in [3.63, 3.8) is 0 Å². The van der Waals surface area contributed by atoms with E-state index in [0.717, 1.165) is 17.8 Å². The van der Waals surface area contributed by atoms with Gasteiger partial charge in [0.15, 0.2) is 0 Å². The Hall–Kier alpha value is -0.0400. The molecule has 0 bridgehead atoms. The van der Waals surface area contributed by atoms with Crippen LogP contribution in [0, 0.1) is 17.8 Å². The molecule has 0 aliphatic rings. The first-order valence-electron chi connectivity index (χ1n) is 7.18. The number of rotatable bonds is 9. The third kappa shape index (κ3) is 8.15. The molecule has 0 saturated heterocycles. The minimum absolute atomic E-state index is 0.840. The van der Waals surface area contributed by atoms with E-state index in [0.29, 0.717) is 0 Å². The second kappa shape index (κ2) is 9.04. The van der Waals surface area contributed by atoms with Crippen LogP contribution < -0.4 is 0 Å². The van der Waals surface area contributed by atoms with E-state index in [9.17, 15) is 0 Å². The maximum Gasteiger partial charge on any atom is 0.000408 e. The predicted octanol–water partition coefficient (Wildman–Crippen LogP) is 4.43. The van der Waals surface area contributed by atoms with Gasteiger partial charge in [-0.25, -0.2) is 0 Å². The summed E-state index contributed by atoms with van der Waals surface area (Å²) >= 11 is 0. The van der Waals surface area contributed by atoms with Crippen LogP contribution in [0.5, 0.6) is 0 Å². The Balaban J connectivity index is 3.65. The zero-order valence-corrected chi connectivity index (χ0v) is 12.4. The molecule has 1 nitrogen and oxygen atoms in total. The van der Waals surface area contributed by atoms with Gasteiger partial charge in [-0.15, -0.1) is 0 Å². The average Bonchev–Trinajstić information content (AvgIpc) is 2.25. The molecule has 0 amide bonds. The molecule has 0 aliphatic heterocycles. The molecule has 0 radical (unpaired) electrons. The van der Waals surface area contributed by atoms with Gasteiger partial charge in [-0.3, -0.25) is 0 Å². The SMILES string of the molecule is CCC(C)CCC(C)CN(C)CC(C)CC. The molecule has 0 spiro atoms. The number of nitrogens with zero attached hydrogens (tertiary/aromatic N) is 1. The Morgan fingerprint density at radius 3 is 1.69 bits per heavy atom. The molecular weight excluding hydrogens is 194 g/mol. The van der Waals surface area contributed by atoms with E-state index in [1.807, 2.05) is 0 Å². The number of hydrogen-bond acceptors (Lipinski definition) is 1. The van der Waals surface area contributed by atoms with Crippen LogP contribution in [-0.2, 0) is 0 Å². The lowest BCUT2D eigenvalue weighted by molar-refractivity contribution is 0.236. The van der Waals surface area contributed by atoms with Crippen molar-refractivity contribution in [2.45, 2.75) is 60.3 Å². The molecule has 3 unspecified atom stereocenters. The molecule has 16 heavy (non-hydrogen) atoms. The van der Waals surface area contributed by atoms with Gasteiger partial charge in [-0.1, -0.05) is 53.9 Å². The first-order valence-corrected chi connectivity index (χ1v) is 7.18. The molecule has 0 aliphatic carbocycles. The lowest BCUT2D eigenvalue weighted by atomic mass is 9.96. The molecule has 0 fully saturated rings. The summed E-state index contributed by atoms with van der Waals surface area (Å²) in [6, 6.07) is 0. The summed E-state index contributed by atoms with van der Waals surface area (Å²) in [7, 11) is 2.27. The largest absolute Gasteiger partial charge is 0.306 e. The quantitative estimate of drug-likeness (QED) is 0.563. The van der Waals surface area contributed by atoms with Crippen molar-refractivity contribution in [3.8, 4) is 0 Å². The lowest BCUT2D eigenvalue weighted by Gasteiger charge is -2.24. The van der Waals surface area contributed by atoms with Crippen molar-refractivity contribution in [1.29, 1.82) is 0 Å². The summed E-state index contributed by atoms with van der Waals surface area (Å²) in [5, 5.41) is 0. The molecule has 0 saturated carbocycles. The monoisotopic (exact) mass is 227 g/mol. The topological polar surface area (TPSA) is 3.24 Å². The molecule has 0 heterocycles. The molecule has 3 atom stereocenters. The number of hydrogen-bond donors (Lipinski definition) is 0. The van der Waals surface area contributed by atoms with Crippen LogP contribution in [-0.4, -0.2) is 25.0 Å². The van der Waals surface area contributed by atoms with Crippen LogP contribution in [0.15, 0.2) is 0 Å². The highest BCUT2D eigenvalue weighted by atomic mass is 15.1. The minimum atomic E-state index is 0.840. The summed E-state index contributed by atoms with van der Waals surface area (Å²) in [5.41, 5.74) is 0. The van der Waals surface area contributed by atoms with Gasteiger partial charge < -0.3 is 4.90 Å². The van der Waals surface area contributed by atoms with Crippen LogP contribution in [0.25, 0.3) is 0 Å². The highest BCUT2D eigenvalue weighted by Gasteiger charge is 2.10. The predicted molar refractivity (Wildman–Crippen MR) is 74.8 cm³/mol. The van der Waals surface area contributed by atoms with Gasteiger partial charge in [0.2, 0.25) is 0 Å². The minimum Gasteiger partial charge on any atom is -0.306 e. The van der Waals surface area contributed by atoms with Crippen molar-refractivity contribution in [2.75, 3.05) is 20.1 Å². The maximum atomic E-state index is 2.51. The van der Waals surface area contributed by atoms with E-state index >= 15 is 0 Å². The van der Waals surface area contributed by atoms with Gasteiger partial charge in [0, 0.05) is 13.1 Å².